The monoisotopic (exact) mass is 347 g/mol. The lowest BCUT2D eigenvalue weighted by atomic mass is 10.3. The molecule has 140 valence electrons. The van der Waals surface area contributed by atoms with Crippen molar-refractivity contribution in [1.29, 1.82) is 0 Å². The van der Waals surface area contributed by atoms with Gasteiger partial charge in [0.15, 0.2) is 5.96 Å². The molecule has 0 atom stereocenters. The molecule has 0 heterocycles. The molecule has 0 unspecified atom stereocenters. The first-order valence-electron chi connectivity index (χ1n) is 9.03. The Morgan fingerprint density at radius 3 is 2.28 bits per heavy atom. The number of carbonyl (C=O) groups is 1. The zero-order chi connectivity index (χ0) is 18.5. The summed E-state index contributed by atoms with van der Waals surface area (Å²) < 4.78 is 0. The van der Waals surface area contributed by atoms with Crippen LogP contribution >= 0.6 is 0 Å². The number of aliphatic imine (C=N–C) groups is 1. The van der Waals surface area contributed by atoms with Crippen LogP contribution in [0.3, 0.4) is 0 Å². The number of guanidine groups is 1. The molecule has 1 rings (SSSR count). The Morgan fingerprint density at radius 2 is 1.68 bits per heavy atom. The number of anilines is 1. The average Bonchev–Trinajstić information content (AvgIpc) is 2.62. The van der Waals surface area contributed by atoms with Gasteiger partial charge < -0.3 is 20.4 Å². The molecule has 0 bridgehead atoms. The van der Waals surface area contributed by atoms with Crippen LogP contribution in [-0.4, -0.2) is 64.1 Å². The highest BCUT2D eigenvalue weighted by atomic mass is 16.2. The van der Waals surface area contributed by atoms with Gasteiger partial charge in [0.1, 0.15) is 6.54 Å². The van der Waals surface area contributed by atoms with Crippen LogP contribution in [0.15, 0.2) is 35.3 Å². The third-order valence-electron chi connectivity index (χ3n) is 3.85. The van der Waals surface area contributed by atoms with Gasteiger partial charge in [-0.25, -0.2) is 4.99 Å². The van der Waals surface area contributed by atoms with Crippen molar-refractivity contribution in [3.05, 3.63) is 30.3 Å². The number of nitrogens with one attached hydrogen (secondary N) is 2. The van der Waals surface area contributed by atoms with Crippen LogP contribution in [0.4, 0.5) is 5.69 Å². The molecule has 0 saturated heterocycles. The van der Waals surface area contributed by atoms with Crippen molar-refractivity contribution in [2.75, 3.05) is 52.2 Å². The van der Waals surface area contributed by atoms with Gasteiger partial charge in [0.05, 0.1) is 0 Å². The largest absolute Gasteiger partial charge is 0.375 e. The van der Waals surface area contributed by atoms with Gasteiger partial charge in [0.25, 0.3) is 0 Å². The highest BCUT2D eigenvalue weighted by molar-refractivity contribution is 5.84. The minimum absolute atomic E-state index is 0.000373. The van der Waals surface area contributed by atoms with Crippen LogP contribution in [0.5, 0.6) is 0 Å². The Labute approximate surface area is 152 Å². The normalized spacial score (nSPS) is 11.1. The standard InChI is InChI=1S/C19H33N5O/c1-5-6-13-20-19(22-16-18(25)23(2)3)21-14-10-15-24(4)17-11-8-7-9-12-17/h7-9,11-12H,5-6,10,13-16H2,1-4H3,(H2,20,21,22). The van der Waals surface area contributed by atoms with Crippen LogP contribution in [0.1, 0.15) is 26.2 Å². The zero-order valence-electron chi connectivity index (χ0n) is 16.1. The first-order valence-corrected chi connectivity index (χ1v) is 9.03. The highest BCUT2D eigenvalue weighted by Gasteiger charge is 2.05. The lowest BCUT2D eigenvalue weighted by Crippen LogP contribution is -2.40. The second kappa shape index (κ2) is 12.2. The summed E-state index contributed by atoms with van der Waals surface area (Å²) in [6.45, 7) is 4.95. The number of hydrogen-bond acceptors (Lipinski definition) is 3. The van der Waals surface area contributed by atoms with E-state index in [4.69, 9.17) is 0 Å². The second-order valence-corrected chi connectivity index (χ2v) is 6.27. The van der Waals surface area contributed by atoms with E-state index in [0.717, 1.165) is 38.9 Å². The summed E-state index contributed by atoms with van der Waals surface area (Å²) in [6, 6.07) is 10.3. The quantitative estimate of drug-likeness (QED) is 0.386. The molecule has 6 nitrogen and oxygen atoms in total. The van der Waals surface area contributed by atoms with Gasteiger partial charge in [-0.2, -0.15) is 0 Å². The van der Waals surface area contributed by atoms with Gasteiger partial charge >= 0.3 is 0 Å². The molecule has 2 N–H and O–H groups in total. The van der Waals surface area contributed by atoms with Crippen LogP contribution in [0.25, 0.3) is 0 Å². The molecule has 1 aromatic carbocycles. The predicted octanol–water partition coefficient (Wildman–Crippen LogP) is 1.94. The van der Waals surface area contributed by atoms with Gasteiger partial charge in [0.2, 0.25) is 5.91 Å². The topological polar surface area (TPSA) is 60.0 Å². The maximum Gasteiger partial charge on any atom is 0.243 e. The van der Waals surface area contributed by atoms with E-state index in [2.05, 4.69) is 46.6 Å². The number of benzene rings is 1. The smallest absolute Gasteiger partial charge is 0.243 e. The maximum absolute atomic E-state index is 11.7. The fourth-order valence-electron chi connectivity index (χ4n) is 2.18. The van der Waals surface area contributed by atoms with E-state index in [1.807, 2.05) is 18.2 Å². The lowest BCUT2D eigenvalue weighted by molar-refractivity contribution is -0.127. The van der Waals surface area contributed by atoms with Crippen LogP contribution in [-0.2, 0) is 4.79 Å². The highest BCUT2D eigenvalue weighted by Crippen LogP contribution is 2.10. The van der Waals surface area contributed by atoms with Gasteiger partial charge in [-0.1, -0.05) is 31.5 Å². The van der Waals surface area contributed by atoms with Crippen molar-refractivity contribution >= 4 is 17.6 Å². The summed E-state index contributed by atoms with van der Waals surface area (Å²) in [5, 5.41) is 6.61. The third kappa shape index (κ3) is 8.98. The number of nitrogens with zero attached hydrogens (tertiary/aromatic N) is 3. The van der Waals surface area contributed by atoms with E-state index < -0.39 is 0 Å². The van der Waals surface area contributed by atoms with Gasteiger partial charge in [-0.3, -0.25) is 4.79 Å². The van der Waals surface area contributed by atoms with Crippen molar-refractivity contribution in [3.8, 4) is 0 Å². The summed E-state index contributed by atoms with van der Waals surface area (Å²) in [4.78, 5) is 19.9. The molecule has 25 heavy (non-hydrogen) atoms. The second-order valence-electron chi connectivity index (χ2n) is 6.27. The Balaban J connectivity index is 2.40. The average molecular weight is 348 g/mol. The fourth-order valence-corrected chi connectivity index (χ4v) is 2.18. The van der Waals surface area contributed by atoms with E-state index in [9.17, 15) is 4.79 Å². The van der Waals surface area contributed by atoms with Crippen LogP contribution in [0.2, 0.25) is 0 Å². The number of unbranched alkanes of at least 4 members (excludes halogenated alkanes) is 1. The first-order chi connectivity index (χ1) is 12.0. The summed E-state index contributed by atoms with van der Waals surface area (Å²) in [6.07, 6.45) is 3.19. The van der Waals surface area contributed by atoms with Gasteiger partial charge in [0, 0.05) is 46.5 Å². The molecule has 0 aliphatic rings. The van der Waals surface area contributed by atoms with E-state index in [1.165, 1.54) is 5.69 Å². The van der Waals surface area contributed by atoms with Gasteiger partial charge in [-0.15, -0.1) is 0 Å². The first kappa shape index (κ1) is 20.8. The molecule has 0 radical (unpaired) electrons. The number of likely N-dealkylation sites (N-methyl/N-ethyl adjacent to an activating group) is 1. The fraction of sp³-hybridized carbons (Fsp3) is 0.579. The number of carbonyl (C=O) groups excluding carboxylic acids is 1. The number of para-hydroxylation sites is 1. The van der Waals surface area contributed by atoms with Gasteiger partial charge in [-0.05, 0) is 25.0 Å². The van der Waals surface area contributed by atoms with Crippen molar-refractivity contribution in [1.82, 2.24) is 15.5 Å². The summed E-state index contributed by atoms with van der Waals surface area (Å²) >= 11 is 0. The van der Waals surface area contributed by atoms with Crippen molar-refractivity contribution < 1.29 is 4.79 Å². The zero-order valence-corrected chi connectivity index (χ0v) is 16.1. The molecular weight excluding hydrogens is 314 g/mol. The van der Waals surface area contributed by atoms with E-state index in [-0.39, 0.29) is 12.5 Å². The molecule has 1 aromatic rings. The van der Waals surface area contributed by atoms with E-state index >= 15 is 0 Å². The van der Waals surface area contributed by atoms with Crippen molar-refractivity contribution in [2.24, 2.45) is 4.99 Å². The van der Waals surface area contributed by atoms with Crippen LogP contribution in [0, 0.1) is 0 Å². The molecule has 0 spiro atoms. The van der Waals surface area contributed by atoms with Crippen molar-refractivity contribution in [2.45, 2.75) is 26.2 Å². The summed E-state index contributed by atoms with van der Waals surface area (Å²) in [5.74, 6) is 0.714. The van der Waals surface area contributed by atoms with E-state index in [0.29, 0.717) is 5.96 Å². The predicted molar refractivity (Wildman–Crippen MR) is 106 cm³/mol. The van der Waals surface area contributed by atoms with E-state index in [1.54, 1.807) is 19.0 Å². The maximum atomic E-state index is 11.7. The number of rotatable bonds is 10. The Hall–Kier alpha value is -2.24. The molecule has 0 aliphatic heterocycles. The molecule has 0 aromatic heterocycles. The molecule has 0 saturated carbocycles. The molecule has 0 fully saturated rings. The molecule has 1 amide bonds. The number of hydrogen-bond donors (Lipinski definition) is 2. The summed E-state index contributed by atoms with van der Waals surface area (Å²) in [7, 11) is 5.59. The lowest BCUT2D eigenvalue weighted by Gasteiger charge is -2.20. The molecular formula is C19H33N5O. The molecule has 0 aliphatic carbocycles. The third-order valence-corrected chi connectivity index (χ3v) is 3.85. The minimum Gasteiger partial charge on any atom is -0.375 e. The summed E-state index contributed by atoms with van der Waals surface area (Å²) in [5.41, 5.74) is 1.22. The Bertz CT molecular complexity index is 516. The SMILES string of the molecule is CCCCNC(=NCC(=O)N(C)C)NCCCN(C)c1ccccc1. The molecule has 6 heteroatoms. The van der Waals surface area contributed by atoms with Crippen molar-refractivity contribution in [3.63, 3.8) is 0 Å². The number of amides is 1. The minimum atomic E-state index is 0.000373. The van der Waals surface area contributed by atoms with Crippen LogP contribution < -0.4 is 15.5 Å². The Kier molecular flexibility index (Phi) is 10.1. The Morgan fingerprint density at radius 1 is 1.04 bits per heavy atom.